The zero-order valence-electron chi connectivity index (χ0n) is 31.6. The van der Waals surface area contributed by atoms with Crippen LogP contribution in [0.2, 0.25) is 0 Å². The monoisotopic (exact) mass is 762 g/mol. The molecule has 0 aromatic heterocycles. The van der Waals surface area contributed by atoms with Crippen LogP contribution in [0.4, 0.5) is 0 Å². The molecule has 0 fully saturated rings. The molecular formula is C41H50N2O12. The van der Waals surface area contributed by atoms with Crippen LogP contribution in [0.15, 0.2) is 78.9 Å². The second-order valence-electron chi connectivity index (χ2n) is 13.4. The van der Waals surface area contributed by atoms with Crippen LogP contribution in [0, 0.1) is 0 Å². The van der Waals surface area contributed by atoms with Gasteiger partial charge in [0.15, 0.2) is 6.61 Å². The molecule has 0 aliphatic carbocycles. The smallest absolute Gasteiger partial charge is 0.344 e. The van der Waals surface area contributed by atoms with E-state index in [2.05, 4.69) is 5.32 Å². The summed E-state index contributed by atoms with van der Waals surface area (Å²) in [7, 11) is 0. The molecule has 1 aliphatic rings. The number of hydrogen-bond donors (Lipinski definition) is 1. The molecule has 1 heterocycles. The van der Waals surface area contributed by atoms with Gasteiger partial charge in [0.1, 0.15) is 24.0 Å². The van der Waals surface area contributed by atoms with Crippen LogP contribution < -0.4 is 10.1 Å². The quantitative estimate of drug-likeness (QED) is 0.0796. The van der Waals surface area contributed by atoms with Gasteiger partial charge >= 0.3 is 11.9 Å². The van der Waals surface area contributed by atoms with E-state index >= 15 is 0 Å². The van der Waals surface area contributed by atoms with Crippen LogP contribution in [0.3, 0.4) is 0 Å². The normalized spacial score (nSPS) is 13.0. The molecule has 0 radical (unpaired) electrons. The van der Waals surface area contributed by atoms with Crippen molar-refractivity contribution >= 4 is 29.7 Å². The van der Waals surface area contributed by atoms with E-state index in [4.69, 9.17) is 33.2 Å². The number of ether oxygens (including phenoxy) is 7. The fourth-order valence-electron chi connectivity index (χ4n) is 5.28. The van der Waals surface area contributed by atoms with Gasteiger partial charge in [-0.2, -0.15) is 0 Å². The topological polar surface area (TPSA) is 165 Å². The lowest BCUT2D eigenvalue weighted by Crippen LogP contribution is -2.43. The van der Waals surface area contributed by atoms with Crippen molar-refractivity contribution in [1.82, 2.24) is 10.2 Å². The highest BCUT2D eigenvalue weighted by molar-refractivity contribution is 6.21. The summed E-state index contributed by atoms with van der Waals surface area (Å²) in [5.41, 5.74) is 1.77. The molecule has 1 atom stereocenters. The van der Waals surface area contributed by atoms with Gasteiger partial charge in [0.2, 0.25) is 5.91 Å². The van der Waals surface area contributed by atoms with Gasteiger partial charge in [0, 0.05) is 12.8 Å². The van der Waals surface area contributed by atoms with E-state index in [0.717, 1.165) is 11.1 Å². The van der Waals surface area contributed by atoms with E-state index in [1.807, 2.05) is 30.3 Å². The maximum atomic E-state index is 13.1. The molecule has 0 saturated heterocycles. The minimum atomic E-state index is -0.949. The van der Waals surface area contributed by atoms with Crippen molar-refractivity contribution in [2.24, 2.45) is 0 Å². The third-order valence-corrected chi connectivity index (χ3v) is 7.91. The van der Waals surface area contributed by atoms with Crippen LogP contribution in [-0.2, 0) is 55.8 Å². The summed E-state index contributed by atoms with van der Waals surface area (Å²) < 4.78 is 38.3. The summed E-state index contributed by atoms with van der Waals surface area (Å²) >= 11 is 0. The maximum Gasteiger partial charge on any atom is 0.344 e. The van der Waals surface area contributed by atoms with E-state index in [1.54, 1.807) is 69.3 Å². The van der Waals surface area contributed by atoms with Gasteiger partial charge in [-0.25, -0.2) is 9.59 Å². The zero-order chi connectivity index (χ0) is 39.5. The van der Waals surface area contributed by atoms with Gasteiger partial charge in [-0.3, -0.25) is 19.3 Å². The molecule has 1 N–H and O–H groups in total. The van der Waals surface area contributed by atoms with Gasteiger partial charge in [-0.05, 0) is 56.2 Å². The van der Waals surface area contributed by atoms with E-state index in [-0.39, 0.29) is 70.1 Å². The Morgan fingerprint density at radius 3 is 1.80 bits per heavy atom. The molecule has 4 rings (SSSR count). The van der Waals surface area contributed by atoms with Crippen molar-refractivity contribution in [3.05, 3.63) is 101 Å². The lowest BCUT2D eigenvalue weighted by atomic mass is 10.1. The highest BCUT2D eigenvalue weighted by atomic mass is 16.6. The van der Waals surface area contributed by atoms with Gasteiger partial charge < -0.3 is 38.5 Å². The van der Waals surface area contributed by atoms with Gasteiger partial charge in [-0.15, -0.1) is 0 Å². The van der Waals surface area contributed by atoms with Crippen molar-refractivity contribution in [2.75, 3.05) is 66.0 Å². The number of nitrogens with zero attached hydrogens (tertiary/aromatic N) is 1. The Morgan fingerprint density at radius 1 is 0.673 bits per heavy atom. The molecule has 0 saturated carbocycles. The van der Waals surface area contributed by atoms with Crippen molar-refractivity contribution in [3.8, 4) is 5.75 Å². The Kier molecular flexibility index (Phi) is 17.3. The number of hydrogen-bond acceptors (Lipinski definition) is 12. The highest BCUT2D eigenvalue weighted by Gasteiger charge is 2.34. The third kappa shape index (κ3) is 15.3. The van der Waals surface area contributed by atoms with Crippen molar-refractivity contribution in [3.63, 3.8) is 0 Å². The van der Waals surface area contributed by atoms with Crippen LogP contribution >= 0.6 is 0 Å². The SMILES string of the molecule is CC(C)(C)OC(=O)COc1ccc(CC(NC(=O)CCOCCOCCOCCOCCN2C(=O)c3ccccc3C2=O)C(=O)OCc2ccccc2)cc1. The zero-order valence-corrected chi connectivity index (χ0v) is 31.6. The maximum absolute atomic E-state index is 13.1. The molecule has 1 unspecified atom stereocenters. The Morgan fingerprint density at radius 2 is 1.22 bits per heavy atom. The third-order valence-electron chi connectivity index (χ3n) is 7.91. The highest BCUT2D eigenvalue weighted by Crippen LogP contribution is 2.22. The first-order valence-electron chi connectivity index (χ1n) is 18.2. The fraction of sp³-hybridized carbons (Fsp3) is 0.439. The largest absolute Gasteiger partial charge is 0.482 e. The summed E-state index contributed by atoms with van der Waals surface area (Å²) in [5, 5.41) is 2.77. The first kappa shape index (κ1) is 42.6. The van der Waals surface area contributed by atoms with Crippen LogP contribution in [0.1, 0.15) is 59.0 Å². The van der Waals surface area contributed by atoms with E-state index < -0.39 is 23.6 Å². The Labute approximate surface area is 321 Å². The number of nitrogens with one attached hydrogen (secondary N) is 1. The summed E-state index contributed by atoms with van der Waals surface area (Å²) in [4.78, 5) is 63.8. The second-order valence-corrected chi connectivity index (χ2v) is 13.4. The fourth-order valence-corrected chi connectivity index (χ4v) is 5.28. The predicted octanol–water partition coefficient (Wildman–Crippen LogP) is 3.93. The molecule has 14 nitrogen and oxygen atoms in total. The molecule has 3 aromatic rings. The molecular weight excluding hydrogens is 712 g/mol. The summed E-state index contributed by atoms with van der Waals surface area (Å²) in [6, 6.07) is 21.9. The van der Waals surface area contributed by atoms with Gasteiger partial charge in [0.25, 0.3) is 11.8 Å². The molecule has 1 aliphatic heterocycles. The van der Waals surface area contributed by atoms with Crippen molar-refractivity contribution < 1.29 is 57.1 Å². The summed E-state index contributed by atoms with van der Waals surface area (Å²) in [5.74, 6) is -1.60. The summed E-state index contributed by atoms with van der Waals surface area (Å²) in [6.07, 6.45) is 0.195. The van der Waals surface area contributed by atoms with Gasteiger partial charge in [-0.1, -0.05) is 54.6 Å². The van der Waals surface area contributed by atoms with Gasteiger partial charge in [0.05, 0.1) is 70.5 Å². The second kappa shape index (κ2) is 22.3. The molecule has 0 bridgehead atoms. The van der Waals surface area contributed by atoms with Crippen molar-refractivity contribution in [2.45, 2.75) is 51.9 Å². The number of carbonyl (C=O) groups is 5. The average Bonchev–Trinajstić information content (AvgIpc) is 3.41. The Bertz CT molecular complexity index is 1660. The number of amides is 3. The number of rotatable bonds is 24. The Hall–Kier alpha value is -5.15. The first-order chi connectivity index (χ1) is 26.5. The number of imide groups is 1. The first-order valence-corrected chi connectivity index (χ1v) is 18.2. The lowest BCUT2D eigenvalue weighted by Gasteiger charge is -2.19. The molecule has 14 heteroatoms. The number of benzene rings is 3. The molecule has 3 aromatic carbocycles. The van der Waals surface area contributed by atoms with Crippen LogP contribution in [0.25, 0.3) is 0 Å². The number of esters is 2. The Balaban J connectivity index is 1.07. The summed E-state index contributed by atoms with van der Waals surface area (Å²) in [6.45, 7) is 7.53. The minimum absolute atomic E-state index is 0.0238. The molecule has 3 amide bonds. The van der Waals surface area contributed by atoms with E-state index in [9.17, 15) is 24.0 Å². The van der Waals surface area contributed by atoms with Crippen LogP contribution in [0.5, 0.6) is 5.75 Å². The minimum Gasteiger partial charge on any atom is -0.482 e. The average molecular weight is 763 g/mol. The molecule has 296 valence electrons. The van der Waals surface area contributed by atoms with Crippen LogP contribution in [-0.4, -0.2) is 112 Å². The number of carbonyl (C=O) groups excluding carboxylic acids is 5. The number of fused-ring (bicyclic) bond motifs is 1. The molecule has 55 heavy (non-hydrogen) atoms. The lowest BCUT2D eigenvalue weighted by molar-refractivity contribution is -0.157. The van der Waals surface area contributed by atoms with E-state index in [1.165, 1.54) is 4.90 Å². The standard InChI is InChI=1S/C41H50N2O12/c1-41(2,3)55-37(45)29-53-32-15-13-30(14-16-32)27-35(40(48)54-28-31-9-5-4-6-10-31)42-36(44)17-19-49-21-23-51-25-26-52-24-22-50-20-18-43-38(46)33-11-7-8-12-34(33)39(43)47/h4-16,35H,17-29H2,1-3H3,(H,42,44). The molecule has 0 spiro atoms. The van der Waals surface area contributed by atoms with E-state index in [0.29, 0.717) is 49.9 Å². The predicted molar refractivity (Wildman–Crippen MR) is 199 cm³/mol. The van der Waals surface area contributed by atoms with Crippen molar-refractivity contribution in [1.29, 1.82) is 0 Å².